The minimum atomic E-state index is -4.11. The molecule has 0 fully saturated rings. The molecular weight excluding hydrogens is 469 g/mol. The van der Waals surface area contributed by atoms with E-state index < -0.39 is 34.1 Å². The molecule has 0 saturated heterocycles. The average molecular weight is 485 g/mol. The lowest BCUT2D eigenvalue weighted by molar-refractivity contribution is -0.116. The standard InChI is InChI=1S/C21H16Cl2F2N2O3S/c22-15-5-8-17(9-6-15)31(29,30)27(12-14-3-1-2-4-18(14)23)13-21(28)26-16-7-10-19(24)20(25)11-16/h1-11H,12-13H2,(H,26,28). The molecule has 0 aromatic heterocycles. The topological polar surface area (TPSA) is 66.5 Å². The van der Waals surface area contributed by atoms with E-state index >= 15 is 0 Å². The van der Waals surface area contributed by atoms with Gasteiger partial charge < -0.3 is 5.32 Å². The van der Waals surface area contributed by atoms with Crippen LogP contribution in [-0.4, -0.2) is 25.2 Å². The molecule has 3 aromatic carbocycles. The number of anilines is 1. The highest BCUT2D eigenvalue weighted by molar-refractivity contribution is 7.89. The summed E-state index contributed by atoms with van der Waals surface area (Å²) in [6, 6.07) is 14.9. The van der Waals surface area contributed by atoms with Crippen molar-refractivity contribution in [2.45, 2.75) is 11.4 Å². The molecule has 1 amide bonds. The van der Waals surface area contributed by atoms with Gasteiger partial charge in [0, 0.05) is 28.3 Å². The van der Waals surface area contributed by atoms with Gasteiger partial charge in [-0.1, -0.05) is 41.4 Å². The van der Waals surface area contributed by atoms with E-state index in [-0.39, 0.29) is 17.1 Å². The Morgan fingerprint density at radius 3 is 2.26 bits per heavy atom. The Labute approximate surface area is 188 Å². The smallest absolute Gasteiger partial charge is 0.243 e. The maximum Gasteiger partial charge on any atom is 0.243 e. The van der Waals surface area contributed by atoms with Gasteiger partial charge >= 0.3 is 0 Å². The molecule has 162 valence electrons. The Kier molecular flexibility index (Phi) is 7.27. The Hall–Kier alpha value is -2.52. The van der Waals surface area contributed by atoms with Crippen molar-refractivity contribution >= 4 is 44.8 Å². The fraction of sp³-hybridized carbons (Fsp3) is 0.0952. The molecule has 0 aliphatic rings. The Balaban J connectivity index is 1.89. The van der Waals surface area contributed by atoms with Crippen molar-refractivity contribution in [2.24, 2.45) is 0 Å². The zero-order valence-corrected chi connectivity index (χ0v) is 18.2. The molecule has 0 saturated carbocycles. The van der Waals surface area contributed by atoms with Crippen molar-refractivity contribution < 1.29 is 22.0 Å². The van der Waals surface area contributed by atoms with E-state index in [1.165, 1.54) is 30.3 Å². The van der Waals surface area contributed by atoms with Crippen LogP contribution in [0, 0.1) is 11.6 Å². The molecule has 5 nitrogen and oxygen atoms in total. The summed E-state index contributed by atoms with van der Waals surface area (Å²) in [5.41, 5.74) is 0.479. The fourth-order valence-corrected chi connectivity index (χ4v) is 4.43. The lowest BCUT2D eigenvalue weighted by atomic mass is 10.2. The summed E-state index contributed by atoms with van der Waals surface area (Å²) in [5.74, 6) is -2.95. The van der Waals surface area contributed by atoms with E-state index in [9.17, 15) is 22.0 Å². The number of amides is 1. The molecule has 0 atom stereocenters. The van der Waals surface area contributed by atoms with Crippen molar-refractivity contribution in [3.8, 4) is 0 Å². The number of carbonyl (C=O) groups is 1. The van der Waals surface area contributed by atoms with Crippen LogP contribution in [0.1, 0.15) is 5.56 Å². The van der Waals surface area contributed by atoms with E-state index in [0.29, 0.717) is 15.6 Å². The SMILES string of the molecule is O=C(CN(Cc1ccccc1Cl)S(=O)(=O)c1ccc(Cl)cc1)Nc1ccc(F)c(F)c1. The summed E-state index contributed by atoms with van der Waals surface area (Å²) >= 11 is 12.0. The van der Waals surface area contributed by atoms with Gasteiger partial charge in [-0.05, 0) is 48.0 Å². The molecule has 10 heteroatoms. The van der Waals surface area contributed by atoms with E-state index in [2.05, 4.69) is 5.32 Å². The first-order chi connectivity index (χ1) is 14.7. The minimum absolute atomic E-state index is 0.00881. The first-order valence-electron chi connectivity index (χ1n) is 8.91. The van der Waals surface area contributed by atoms with E-state index in [1.54, 1.807) is 24.3 Å². The zero-order valence-electron chi connectivity index (χ0n) is 15.9. The molecule has 0 aliphatic carbocycles. The second kappa shape index (κ2) is 9.74. The quantitative estimate of drug-likeness (QED) is 0.507. The molecule has 0 aliphatic heterocycles. The van der Waals surface area contributed by atoms with Gasteiger partial charge in [-0.2, -0.15) is 4.31 Å². The zero-order chi connectivity index (χ0) is 22.6. The van der Waals surface area contributed by atoms with E-state index in [0.717, 1.165) is 16.4 Å². The Morgan fingerprint density at radius 2 is 1.61 bits per heavy atom. The number of halogens is 4. The number of benzene rings is 3. The monoisotopic (exact) mass is 484 g/mol. The number of rotatable bonds is 7. The molecule has 31 heavy (non-hydrogen) atoms. The second-order valence-corrected chi connectivity index (χ2v) is 9.28. The maximum atomic E-state index is 13.4. The van der Waals surface area contributed by atoms with Crippen LogP contribution in [0.25, 0.3) is 0 Å². The first kappa shape index (κ1) is 23.1. The Morgan fingerprint density at radius 1 is 0.935 bits per heavy atom. The van der Waals surface area contributed by atoms with E-state index in [4.69, 9.17) is 23.2 Å². The lowest BCUT2D eigenvalue weighted by Gasteiger charge is -2.22. The summed E-state index contributed by atoms with van der Waals surface area (Å²) < 4.78 is 53.8. The molecule has 0 radical (unpaired) electrons. The Bertz CT molecular complexity index is 1210. The lowest BCUT2D eigenvalue weighted by Crippen LogP contribution is -2.37. The molecule has 0 bridgehead atoms. The third-order valence-electron chi connectivity index (χ3n) is 4.28. The molecule has 0 spiro atoms. The average Bonchev–Trinajstić information content (AvgIpc) is 2.72. The summed E-state index contributed by atoms with van der Waals surface area (Å²) in [7, 11) is -4.11. The number of nitrogens with one attached hydrogen (secondary N) is 1. The van der Waals surface area contributed by atoms with Gasteiger partial charge in [0.1, 0.15) is 0 Å². The molecular formula is C21H16Cl2F2N2O3S. The molecule has 1 N–H and O–H groups in total. The van der Waals surface area contributed by atoms with Crippen LogP contribution in [0.2, 0.25) is 10.0 Å². The van der Waals surface area contributed by atoms with Crippen LogP contribution in [0.3, 0.4) is 0 Å². The van der Waals surface area contributed by atoms with Gasteiger partial charge in [0.25, 0.3) is 0 Å². The van der Waals surface area contributed by atoms with Crippen LogP contribution in [-0.2, 0) is 21.4 Å². The number of sulfonamides is 1. The van der Waals surface area contributed by atoms with Crippen LogP contribution >= 0.6 is 23.2 Å². The third-order valence-corrected chi connectivity index (χ3v) is 6.71. The summed E-state index contributed by atoms with van der Waals surface area (Å²) in [6.45, 7) is -0.773. The van der Waals surface area contributed by atoms with Gasteiger partial charge in [-0.15, -0.1) is 0 Å². The number of hydrogen-bond acceptors (Lipinski definition) is 3. The van der Waals surface area contributed by atoms with E-state index in [1.807, 2.05) is 0 Å². The van der Waals surface area contributed by atoms with Crippen LogP contribution < -0.4 is 5.32 Å². The predicted molar refractivity (Wildman–Crippen MR) is 115 cm³/mol. The van der Waals surface area contributed by atoms with Gasteiger partial charge in [0.15, 0.2) is 11.6 Å². The largest absolute Gasteiger partial charge is 0.325 e. The minimum Gasteiger partial charge on any atom is -0.325 e. The van der Waals surface area contributed by atoms with Crippen LogP contribution in [0.4, 0.5) is 14.5 Å². The van der Waals surface area contributed by atoms with Gasteiger partial charge in [0.2, 0.25) is 15.9 Å². The summed E-state index contributed by atoms with van der Waals surface area (Å²) in [4.78, 5) is 12.5. The highest BCUT2D eigenvalue weighted by Gasteiger charge is 2.27. The van der Waals surface area contributed by atoms with Gasteiger partial charge in [0.05, 0.1) is 11.4 Å². The predicted octanol–water partition coefficient (Wildman–Crippen LogP) is 5.10. The van der Waals surface area contributed by atoms with Crippen molar-refractivity contribution in [1.29, 1.82) is 0 Å². The molecule has 3 rings (SSSR count). The molecule has 0 heterocycles. The number of carbonyl (C=O) groups excluding carboxylic acids is 1. The number of hydrogen-bond donors (Lipinski definition) is 1. The third kappa shape index (κ3) is 5.80. The van der Waals surface area contributed by atoms with Crippen molar-refractivity contribution in [1.82, 2.24) is 4.31 Å². The fourth-order valence-electron chi connectivity index (χ4n) is 2.73. The van der Waals surface area contributed by atoms with Crippen molar-refractivity contribution in [3.05, 3.63) is 94.0 Å². The molecule has 3 aromatic rings. The van der Waals surface area contributed by atoms with Crippen LogP contribution in [0.5, 0.6) is 0 Å². The second-order valence-electron chi connectivity index (χ2n) is 6.50. The highest BCUT2D eigenvalue weighted by Crippen LogP contribution is 2.24. The summed E-state index contributed by atoms with van der Waals surface area (Å²) in [5, 5.41) is 3.06. The van der Waals surface area contributed by atoms with Crippen molar-refractivity contribution in [3.63, 3.8) is 0 Å². The first-order valence-corrected chi connectivity index (χ1v) is 11.1. The maximum absolute atomic E-state index is 13.4. The van der Waals surface area contributed by atoms with Gasteiger partial charge in [-0.3, -0.25) is 4.79 Å². The highest BCUT2D eigenvalue weighted by atomic mass is 35.5. The molecule has 0 unspecified atom stereocenters. The van der Waals surface area contributed by atoms with Gasteiger partial charge in [-0.25, -0.2) is 17.2 Å². The summed E-state index contributed by atoms with van der Waals surface area (Å²) in [6.07, 6.45) is 0. The van der Waals surface area contributed by atoms with Crippen LogP contribution in [0.15, 0.2) is 71.6 Å². The number of nitrogens with zero attached hydrogens (tertiary/aromatic N) is 1. The van der Waals surface area contributed by atoms with Crippen molar-refractivity contribution in [2.75, 3.05) is 11.9 Å². The normalized spacial score (nSPS) is 11.5.